The maximum Gasteiger partial charge on any atom is 0.410 e. The summed E-state index contributed by atoms with van der Waals surface area (Å²) in [5.74, 6) is 0. The van der Waals surface area contributed by atoms with Crippen molar-refractivity contribution in [2.75, 3.05) is 26.2 Å². The van der Waals surface area contributed by atoms with Crippen LogP contribution in [0.25, 0.3) is 10.2 Å². The van der Waals surface area contributed by atoms with E-state index in [1.165, 1.54) is 9.21 Å². The van der Waals surface area contributed by atoms with Crippen LogP contribution < -0.4 is 0 Å². The molecule has 142 valence electrons. The minimum atomic E-state index is -3.70. The molecule has 10 heteroatoms. The van der Waals surface area contributed by atoms with Crippen molar-refractivity contribution in [3.05, 3.63) is 23.2 Å². The van der Waals surface area contributed by atoms with Crippen molar-refractivity contribution in [2.24, 2.45) is 0 Å². The first-order chi connectivity index (χ1) is 12.1. The largest absolute Gasteiger partial charge is 0.444 e. The first-order valence-electron chi connectivity index (χ1n) is 8.10. The van der Waals surface area contributed by atoms with Crippen LogP contribution in [0.5, 0.6) is 0 Å². The summed E-state index contributed by atoms with van der Waals surface area (Å²) in [5, 5.41) is 0.512. The Bertz CT molecular complexity index is 929. The minimum absolute atomic E-state index is 0.0421. The number of amides is 1. The van der Waals surface area contributed by atoms with Gasteiger partial charge in [-0.05, 0) is 39.0 Å². The van der Waals surface area contributed by atoms with Gasteiger partial charge in [-0.1, -0.05) is 11.6 Å². The van der Waals surface area contributed by atoms with E-state index >= 15 is 0 Å². The first-order valence-corrected chi connectivity index (χ1v) is 10.7. The van der Waals surface area contributed by atoms with Gasteiger partial charge in [0, 0.05) is 31.2 Å². The van der Waals surface area contributed by atoms with Crippen molar-refractivity contribution < 1.29 is 17.9 Å². The summed E-state index contributed by atoms with van der Waals surface area (Å²) < 4.78 is 33.2. The van der Waals surface area contributed by atoms with Crippen LogP contribution in [0.1, 0.15) is 20.8 Å². The molecule has 26 heavy (non-hydrogen) atoms. The van der Waals surface area contributed by atoms with E-state index in [-0.39, 0.29) is 30.5 Å². The van der Waals surface area contributed by atoms with Crippen molar-refractivity contribution in [1.29, 1.82) is 0 Å². The lowest BCUT2D eigenvalue weighted by molar-refractivity contribution is 0.0192. The Kier molecular flexibility index (Phi) is 5.17. The van der Waals surface area contributed by atoms with Crippen LogP contribution >= 0.6 is 22.9 Å². The third kappa shape index (κ3) is 4.11. The highest BCUT2D eigenvalue weighted by atomic mass is 35.5. The quantitative estimate of drug-likeness (QED) is 0.749. The Labute approximate surface area is 161 Å². The topological polar surface area (TPSA) is 79.8 Å². The van der Waals surface area contributed by atoms with Crippen LogP contribution in [-0.4, -0.2) is 60.5 Å². The monoisotopic (exact) mass is 417 g/mol. The molecule has 2 aromatic rings. The number of hydrogen-bond donors (Lipinski definition) is 0. The summed E-state index contributed by atoms with van der Waals surface area (Å²) in [7, 11) is -3.70. The van der Waals surface area contributed by atoms with Gasteiger partial charge in [-0.15, -0.1) is 11.3 Å². The van der Waals surface area contributed by atoms with E-state index in [9.17, 15) is 13.2 Å². The molecule has 0 aliphatic carbocycles. The average Bonchev–Trinajstić information content (AvgIpc) is 2.97. The summed E-state index contributed by atoms with van der Waals surface area (Å²) in [6.45, 7) is 6.37. The number of rotatable bonds is 2. The molecule has 0 atom stereocenters. The molecule has 0 radical (unpaired) electrons. The van der Waals surface area contributed by atoms with E-state index in [0.717, 1.165) is 16.0 Å². The van der Waals surface area contributed by atoms with Gasteiger partial charge in [0.15, 0.2) is 0 Å². The molecule has 3 rings (SSSR count). The number of ether oxygens (including phenoxy) is 1. The van der Waals surface area contributed by atoms with E-state index in [1.807, 2.05) is 0 Å². The molecule has 0 spiro atoms. The summed E-state index contributed by atoms with van der Waals surface area (Å²) in [4.78, 5) is 17.8. The zero-order valence-electron chi connectivity index (χ0n) is 14.7. The molecule has 0 saturated carbocycles. The van der Waals surface area contributed by atoms with Gasteiger partial charge < -0.3 is 9.64 Å². The van der Waals surface area contributed by atoms with Crippen molar-refractivity contribution in [3.8, 4) is 0 Å². The molecule has 1 saturated heterocycles. The Morgan fingerprint density at radius 3 is 2.50 bits per heavy atom. The second-order valence-electron chi connectivity index (χ2n) is 6.96. The number of hydrogen-bond acceptors (Lipinski definition) is 6. The molecule has 1 aromatic carbocycles. The summed E-state index contributed by atoms with van der Waals surface area (Å²) in [6.07, 6.45) is -0.427. The van der Waals surface area contributed by atoms with Gasteiger partial charge in [0.2, 0.25) is 4.34 Å². The molecule has 7 nitrogen and oxygen atoms in total. The summed E-state index contributed by atoms with van der Waals surface area (Å²) in [5.41, 5.74) is -0.0174. The van der Waals surface area contributed by atoms with Crippen LogP contribution in [-0.2, 0) is 14.8 Å². The van der Waals surface area contributed by atoms with Crippen LogP contribution in [0.15, 0.2) is 22.5 Å². The predicted molar refractivity (Wildman–Crippen MR) is 101 cm³/mol. The van der Waals surface area contributed by atoms with Crippen molar-refractivity contribution in [3.63, 3.8) is 0 Å². The van der Waals surface area contributed by atoms with Gasteiger partial charge in [0.1, 0.15) is 5.60 Å². The molecule has 1 amide bonds. The molecule has 1 aliphatic rings. The van der Waals surface area contributed by atoms with Crippen LogP contribution in [0, 0.1) is 0 Å². The van der Waals surface area contributed by atoms with Gasteiger partial charge in [-0.2, -0.15) is 4.31 Å². The molecule has 0 bridgehead atoms. The number of aromatic nitrogens is 1. The first kappa shape index (κ1) is 19.3. The molecular weight excluding hydrogens is 398 g/mol. The van der Waals surface area contributed by atoms with Crippen LogP contribution in [0.2, 0.25) is 5.02 Å². The lowest BCUT2D eigenvalue weighted by atomic mass is 10.2. The predicted octanol–water partition coefficient (Wildman–Crippen LogP) is 3.19. The Morgan fingerprint density at radius 2 is 1.88 bits per heavy atom. The summed E-state index contributed by atoms with van der Waals surface area (Å²) in [6, 6.07) is 5.11. The van der Waals surface area contributed by atoms with E-state index in [1.54, 1.807) is 39.0 Å². The smallest absolute Gasteiger partial charge is 0.410 e. The lowest BCUT2D eigenvalue weighted by Crippen LogP contribution is -2.51. The fourth-order valence-electron chi connectivity index (χ4n) is 2.54. The molecule has 1 aliphatic heterocycles. The third-order valence-electron chi connectivity index (χ3n) is 3.78. The summed E-state index contributed by atoms with van der Waals surface area (Å²) >= 11 is 7.05. The number of thiazole rings is 1. The molecular formula is C16H20ClN3O4S2. The maximum absolute atomic E-state index is 12.9. The van der Waals surface area contributed by atoms with Gasteiger partial charge in [-0.25, -0.2) is 18.2 Å². The molecule has 2 heterocycles. The van der Waals surface area contributed by atoms with Crippen LogP contribution in [0.3, 0.4) is 0 Å². The SMILES string of the molecule is CC(C)(C)OC(=O)N1CCN(S(=O)(=O)c2nc3cc(Cl)ccc3s2)CC1. The highest BCUT2D eigenvalue weighted by Gasteiger charge is 2.33. The molecule has 0 unspecified atom stereocenters. The van der Waals surface area contributed by atoms with E-state index < -0.39 is 21.7 Å². The van der Waals surface area contributed by atoms with E-state index in [0.29, 0.717) is 10.5 Å². The van der Waals surface area contributed by atoms with Crippen molar-refractivity contribution in [1.82, 2.24) is 14.2 Å². The highest BCUT2D eigenvalue weighted by molar-refractivity contribution is 7.91. The zero-order chi connectivity index (χ0) is 19.1. The fourth-order valence-corrected chi connectivity index (χ4v) is 5.47. The number of carbonyl (C=O) groups is 1. The number of piperazine rings is 1. The van der Waals surface area contributed by atoms with E-state index in [2.05, 4.69) is 4.98 Å². The number of fused-ring (bicyclic) bond motifs is 1. The third-order valence-corrected chi connectivity index (χ3v) is 7.31. The molecule has 1 fully saturated rings. The molecule has 0 N–H and O–H groups in total. The zero-order valence-corrected chi connectivity index (χ0v) is 17.1. The van der Waals surface area contributed by atoms with Crippen molar-refractivity contribution in [2.45, 2.75) is 30.7 Å². The normalized spacial score (nSPS) is 16.8. The second kappa shape index (κ2) is 6.95. The maximum atomic E-state index is 12.9. The van der Waals surface area contributed by atoms with Gasteiger partial charge in [-0.3, -0.25) is 0 Å². The van der Waals surface area contributed by atoms with E-state index in [4.69, 9.17) is 16.3 Å². The number of halogens is 1. The van der Waals surface area contributed by atoms with Gasteiger partial charge in [0.25, 0.3) is 10.0 Å². The number of nitrogens with zero attached hydrogens (tertiary/aromatic N) is 3. The second-order valence-corrected chi connectivity index (χ2v) is 10.5. The number of sulfonamides is 1. The number of benzene rings is 1. The standard InChI is InChI=1S/C16H20ClN3O4S2/c1-16(2,3)24-15(21)19-6-8-20(9-7-19)26(22,23)14-18-12-10-11(17)4-5-13(12)25-14/h4-5,10H,6-9H2,1-3H3. The average molecular weight is 418 g/mol. The van der Waals surface area contributed by atoms with Crippen molar-refractivity contribution >= 4 is 49.3 Å². The Balaban J connectivity index is 1.72. The Hall–Kier alpha value is -1.42. The highest BCUT2D eigenvalue weighted by Crippen LogP contribution is 2.29. The fraction of sp³-hybridized carbons (Fsp3) is 0.500. The van der Waals surface area contributed by atoms with Gasteiger partial charge >= 0.3 is 6.09 Å². The molecule has 1 aromatic heterocycles. The Morgan fingerprint density at radius 1 is 1.23 bits per heavy atom. The lowest BCUT2D eigenvalue weighted by Gasteiger charge is -2.34. The number of carbonyl (C=O) groups excluding carboxylic acids is 1. The van der Waals surface area contributed by atoms with Crippen LogP contribution in [0.4, 0.5) is 4.79 Å². The van der Waals surface area contributed by atoms with Gasteiger partial charge in [0.05, 0.1) is 10.2 Å². The minimum Gasteiger partial charge on any atom is -0.444 e.